The molecule has 1 aliphatic rings. The molecule has 0 radical (unpaired) electrons. The molecule has 26 heavy (non-hydrogen) atoms. The predicted molar refractivity (Wildman–Crippen MR) is 101 cm³/mol. The Morgan fingerprint density at radius 3 is 2.62 bits per heavy atom. The molecule has 0 unspecified atom stereocenters. The van der Waals surface area contributed by atoms with Gasteiger partial charge in [0.2, 0.25) is 0 Å². The first-order valence-electron chi connectivity index (χ1n) is 9.14. The first-order chi connectivity index (χ1) is 12.6. The van der Waals surface area contributed by atoms with E-state index in [1.54, 1.807) is 6.26 Å². The van der Waals surface area contributed by atoms with Crippen LogP contribution in [0.3, 0.4) is 0 Å². The summed E-state index contributed by atoms with van der Waals surface area (Å²) >= 11 is 0. The molecule has 0 amide bonds. The summed E-state index contributed by atoms with van der Waals surface area (Å²) in [6.07, 6.45) is 2.58. The van der Waals surface area contributed by atoms with Crippen LogP contribution in [0.2, 0.25) is 0 Å². The van der Waals surface area contributed by atoms with E-state index in [0.717, 1.165) is 63.0 Å². The average molecular weight is 359 g/mol. The second-order valence-corrected chi connectivity index (χ2v) is 6.75. The number of piperazine rings is 1. The lowest BCUT2D eigenvalue weighted by Crippen LogP contribution is -2.52. The van der Waals surface area contributed by atoms with Gasteiger partial charge >= 0.3 is 0 Å². The molecule has 3 heterocycles. The molecule has 142 valence electrons. The Balaban J connectivity index is 1.46. The van der Waals surface area contributed by atoms with Crippen LogP contribution in [0.5, 0.6) is 0 Å². The van der Waals surface area contributed by atoms with E-state index in [0.29, 0.717) is 0 Å². The second kappa shape index (κ2) is 8.35. The maximum absolute atomic E-state index is 4.91. The summed E-state index contributed by atoms with van der Waals surface area (Å²) in [6.45, 7) is 9.81. The predicted octanol–water partition coefficient (Wildman–Crippen LogP) is 0.961. The highest BCUT2D eigenvalue weighted by Gasteiger charge is 2.20. The molecule has 0 aliphatic carbocycles. The van der Waals surface area contributed by atoms with Gasteiger partial charge in [0.1, 0.15) is 6.26 Å². The normalized spacial score (nSPS) is 16.3. The molecule has 8 nitrogen and oxygen atoms in total. The van der Waals surface area contributed by atoms with E-state index in [4.69, 9.17) is 4.52 Å². The van der Waals surface area contributed by atoms with Gasteiger partial charge in [-0.3, -0.25) is 14.6 Å². The van der Waals surface area contributed by atoms with Crippen LogP contribution in [-0.2, 0) is 20.0 Å². The quantitative estimate of drug-likeness (QED) is 0.633. The van der Waals surface area contributed by atoms with Crippen molar-refractivity contribution in [2.75, 3.05) is 39.8 Å². The van der Waals surface area contributed by atoms with E-state index in [2.05, 4.69) is 44.2 Å². The van der Waals surface area contributed by atoms with E-state index < -0.39 is 0 Å². The molecule has 8 heteroatoms. The molecule has 1 N–H and O–H groups in total. The third kappa shape index (κ3) is 4.24. The molecule has 0 saturated carbocycles. The Hall–Kier alpha value is -2.35. The fourth-order valence-electron chi connectivity index (χ4n) is 3.48. The Kier molecular flexibility index (Phi) is 5.92. The molecular weight excluding hydrogens is 330 g/mol. The Morgan fingerprint density at radius 2 is 2.04 bits per heavy atom. The van der Waals surface area contributed by atoms with Gasteiger partial charge in [-0.25, -0.2) is 0 Å². The van der Waals surface area contributed by atoms with Gasteiger partial charge in [-0.2, -0.15) is 5.10 Å². The summed E-state index contributed by atoms with van der Waals surface area (Å²) in [7, 11) is 3.85. The Morgan fingerprint density at radius 1 is 1.27 bits per heavy atom. The lowest BCUT2D eigenvalue weighted by atomic mass is 10.1. The highest BCUT2D eigenvalue weighted by molar-refractivity contribution is 5.80. The number of guanidine groups is 1. The zero-order valence-electron chi connectivity index (χ0n) is 16.2. The first-order valence-corrected chi connectivity index (χ1v) is 9.14. The number of nitrogens with one attached hydrogen (secondary N) is 1. The molecule has 3 rings (SSSR count). The van der Waals surface area contributed by atoms with Crippen LogP contribution in [0.25, 0.3) is 0 Å². The highest BCUT2D eigenvalue weighted by Crippen LogP contribution is 2.12. The summed E-state index contributed by atoms with van der Waals surface area (Å²) in [4.78, 5) is 9.17. The zero-order valence-corrected chi connectivity index (χ0v) is 16.2. The van der Waals surface area contributed by atoms with Crippen LogP contribution in [0.1, 0.15) is 22.6 Å². The number of rotatable bonds is 5. The van der Waals surface area contributed by atoms with Crippen molar-refractivity contribution >= 4 is 5.96 Å². The summed E-state index contributed by atoms with van der Waals surface area (Å²) in [5.41, 5.74) is 4.67. The molecule has 0 spiro atoms. The summed E-state index contributed by atoms with van der Waals surface area (Å²) in [5.74, 6) is 0.977. The number of aromatic nitrogens is 3. The molecule has 2 aromatic rings. The van der Waals surface area contributed by atoms with Crippen LogP contribution in [0, 0.1) is 13.8 Å². The van der Waals surface area contributed by atoms with Gasteiger partial charge in [-0.05, 0) is 25.8 Å². The topological polar surface area (TPSA) is 74.7 Å². The Bertz CT molecular complexity index is 727. The third-order valence-corrected chi connectivity index (χ3v) is 5.08. The van der Waals surface area contributed by atoms with Crippen molar-refractivity contribution in [2.24, 2.45) is 12.0 Å². The summed E-state index contributed by atoms with van der Waals surface area (Å²) in [6, 6.07) is 1.93. The molecular formula is C18H29N7O. The largest absolute Gasteiger partial charge is 0.364 e. The van der Waals surface area contributed by atoms with Crippen molar-refractivity contribution in [1.29, 1.82) is 0 Å². The second-order valence-electron chi connectivity index (χ2n) is 6.75. The Labute approximate surface area is 154 Å². The van der Waals surface area contributed by atoms with Gasteiger partial charge in [0, 0.05) is 65.1 Å². The molecule has 1 fully saturated rings. The number of nitrogens with zero attached hydrogens (tertiary/aromatic N) is 6. The minimum atomic E-state index is 0.843. The van der Waals surface area contributed by atoms with E-state index in [-0.39, 0.29) is 0 Å². The molecule has 0 bridgehead atoms. The standard InChI is InChI=1S/C18H29N7O/c1-14-17(15(2)23(4)21-14)5-7-20-18(19-3)25-10-8-24(9-11-25)13-16-6-12-26-22-16/h6,12H,5,7-11,13H2,1-4H3,(H,19,20). The molecule has 0 atom stereocenters. The van der Waals surface area contributed by atoms with Crippen molar-refractivity contribution < 1.29 is 4.52 Å². The van der Waals surface area contributed by atoms with Crippen molar-refractivity contribution in [3.63, 3.8) is 0 Å². The van der Waals surface area contributed by atoms with Gasteiger partial charge in [-0.1, -0.05) is 5.16 Å². The van der Waals surface area contributed by atoms with Crippen molar-refractivity contribution in [3.8, 4) is 0 Å². The van der Waals surface area contributed by atoms with E-state index in [9.17, 15) is 0 Å². The van der Waals surface area contributed by atoms with Crippen LogP contribution in [0.15, 0.2) is 21.8 Å². The number of aliphatic imine (C=N–C) groups is 1. The minimum absolute atomic E-state index is 0.843. The van der Waals surface area contributed by atoms with Gasteiger partial charge in [0.15, 0.2) is 5.96 Å². The molecule has 1 saturated heterocycles. The third-order valence-electron chi connectivity index (χ3n) is 5.08. The number of hydrogen-bond acceptors (Lipinski definition) is 5. The first kappa shape index (κ1) is 18.4. The van der Waals surface area contributed by atoms with Crippen molar-refractivity contribution in [1.82, 2.24) is 30.1 Å². The summed E-state index contributed by atoms with van der Waals surface area (Å²) in [5, 5.41) is 12.0. The molecule has 0 aromatic carbocycles. The van der Waals surface area contributed by atoms with Crippen LogP contribution in [-0.4, -0.2) is 70.5 Å². The zero-order chi connectivity index (χ0) is 18.5. The highest BCUT2D eigenvalue weighted by atomic mass is 16.5. The number of aryl methyl sites for hydroxylation is 2. The average Bonchev–Trinajstić information content (AvgIpc) is 3.23. The lowest BCUT2D eigenvalue weighted by Gasteiger charge is -2.36. The maximum atomic E-state index is 4.91. The van der Waals surface area contributed by atoms with Gasteiger partial charge in [0.25, 0.3) is 0 Å². The smallest absolute Gasteiger partial charge is 0.193 e. The van der Waals surface area contributed by atoms with Crippen LogP contribution >= 0.6 is 0 Å². The van der Waals surface area contributed by atoms with E-state index in [1.165, 1.54) is 11.3 Å². The van der Waals surface area contributed by atoms with Crippen LogP contribution in [0.4, 0.5) is 0 Å². The fourth-order valence-corrected chi connectivity index (χ4v) is 3.48. The molecule has 2 aromatic heterocycles. The number of hydrogen-bond donors (Lipinski definition) is 1. The molecule has 1 aliphatic heterocycles. The van der Waals surface area contributed by atoms with Gasteiger partial charge in [0.05, 0.1) is 11.4 Å². The maximum Gasteiger partial charge on any atom is 0.193 e. The van der Waals surface area contributed by atoms with Crippen molar-refractivity contribution in [2.45, 2.75) is 26.8 Å². The van der Waals surface area contributed by atoms with Gasteiger partial charge in [-0.15, -0.1) is 0 Å². The van der Waals surface area contributed by atoms with Crippen LogP contribution < -0.4 is 5.32 Å². The lowest BCUT2D eigenvalue weighted by molar-refractivity contribution is 0.169. The van der Waals surface area contributed by atoms with E-state index in [1.807, 2.05) is 24.8 Å². The SMILES string of the molecule is CN=C(NCCc1c(C)nn(C)c1C)N1CCN(Cc2ccon2)CC1. The minimum Gasteiger partial charge on any atom is -0.364 e. The van der Waals surface area contributed by atoms with Crippen molar-refractivity contribution in [3.05, 3.63) is 35.0 Å². The monoisotopic (exact) mass is 359 g/mol. The fraction of sp³-hybridized carbons (Fsp3) is 0.611. The van der Waals surface area contributed by atoms with E-state index >= 15 is 0 Å². The summed E-state index contributed by atoms with van der Waals surface area (Å²) < 4.78 is 6.86. The van der Waals surface area contributed by atoms with Gasteiger partial charge < -0.3 is 14.7 Å².